The molecule has 6 nitrogen and oxygen atoms in total. The van der Waals surface area contributed by atoms with Crippen LogP contribution in [0.15, 0.2) is 6.07 Å². The number of hydrogen-bond acceptors (Lipinski definition) is 5. The van der Waals surface area contributed by atoms with E-state index in [1.54, 1.807) is 0 Å². The van der Waals surface area contributed by atoms with E-state index in [2.05, 4.69) is 36.8 Å². The molecule has 2 aromatic rings. The lowest BCUT2D eigenvalue weighted by molar-refractivity contribution is 0.251. The third kappa shape index (κ3) is 3.82. The van der Waals surface area contributed by atoms with Gasteiger partial charge in [-0.2, -0.15) is 9.50 Å². The fourth-order valence-electron chi connectivity index (χ4n) is 4.71. The Labute approximate surface area is 163 Å². The molecule has 1 saturated heterocycles. The number of rotatable bonds is 5. The lowest BCUT2D eigenvalue weighted by Gasteiger charge is -2.27. The summed E-state index contributed by atoms with van der Waals surface area (Å²) in [6, 6.07) is 2.29. The van der Waals surface area contributed by atoms with Crippen LogP contribution >= 0.6 is 0 Å². The summed E-state index contributed by atoms with van der Waals surface area (Å²) in [5.41, 5.74) is 1.23. The Balaban J connectivity index is 1.73. The number of likely N-dealkylation sites (tertiary alicyclic amines) is 1. The molecular weight excluding hydrogens is 336 g/mol. The minimum Gasteiger partial charge on any atom is -0.357 e. The summed E-state index contributed by atoms with van der Waals surface area (Å²) < 4.78 is 2.01. The molecule has 148 valence electrons. The first-order valence-corrected chi connectivity index (χ1v) is 10.9. The predicted octanol–water partition coefficient (Wildman–Crippen LogP) is 3.83. The van der Waals surface area contributed by atoms with Crippen molar-refractivity contribution in [2.24, 2.45) is 0 Å². The number of anilines is 1. The van der Waals surface area contributed by atoms with Gasteiger partial charge in [-0.3, -0.25) is 0 Å². The van der Waals surface area contributed by atoms with Crippen LogP contribution in [0.5, 0.6) is 0 Å². The van der Waals surface area contributed by atoms with Crippen molar-refractivity contribution in [2.45, 2.75) is 70.6 Å². The van der Waals surface area contributed by atoms with Crippen molar-refractivity contribution in [3.63, 3.8) is 0 Å². The van der Waals surface area contributed by atoms with E-state index in [-0.39, 0.29) is 0 Å². The standard InChI is InChI=1S/C21H34N6/c1-4-26(5-2)19-15-18(16-9-7-6-8-10-16)22-21-23-20(24-27(19)21)17-11-13-25(3)14-12-17/h15-17H,4-14H2,1-3H3. The second-order valence-corrected chi connectivity index (χ2v) is 8.31. The van der Waals surface area contributed by atoms with Gasteiger partial charge < -0.3 is 9.80 Å². The van der Waals surface area contributed by atoms with Crippen molar-refractivity contribution in [3.05, 3.63) is 17.6 Å². The maximum absolute atomic E-state index is 4.99. The quantitative estimate of drug-likeness (QED) is 0.801. The molecule has 0 atom stereocenters. The largest absolute Gasteiger partial charge is 0.357 e. The minimum atomic E-state index is 0.464. The highest BCUT2D eigenvalue weighted by molar-refractivity contribution is 5.48. The van der Waals surface area contributed by atoms with E-state index in [0.29, 0.717) is 11.8 Å². The first kappa shape index (κ1) is 18.7. The average molecular weight is 371 g/mol. The number of piperidine rings is 1. The van der Waals surface area contributed by atoms with Crippen LogP contribution in [0.4, 0.5) is 5.82 Å². The number of nitrogens with zero attached hydrogens (tertiary/aromatic N) is 6. The van der Waals surface area contributed by atoms with Crippen LogP contribution in [0.3, 0.4) is 0 Å². The molecule has 0 spiro atoms. The molecule has 4 rings (SSSR count). The smallest absolute Gasteiger partial charge is 0.254 e. The summed E-state index contributed by atoms with van der Waals surface area (Å²) in [6.45, 7) is 8.63. The SMILES string of the molecule is CCN(CC)c1cc(C2CCCCC2)nc2nc(C3CCN(C)CC3)nn12. The van der Waals surface area contributed by atoms with Crippen molar-refractivity contribution in [1.29, 1.82) is 0 Å². The Bertz CT molecular complexity index is 751. The highest BCUT2D eigenvalue weighted by Crippen LogP contribution is 2.34. The van der Waals surface area contributed by atoms with E-state index in [0.717, 1.165) is 56.4 Å². The van der Waals surface area contributed by atoms with Gasteiger partial charge in [0.2, 0.25) is 0 Å². The number of fused-ring (bicyclic) bond motifs is 1. The van der Waals surface area contributed by atoms with Crippen LogP contribution in [0.2, 0.25) is 0 Å². The van der Waals surface area contributed by atoms with Crippen LogP contribution < -0.4 is 4.90 Å². The average Bonchev–Trinajstić information content (AvgIpc) is 3.14. The molecule has 6 heteroatoms. The molecule has 3 heterocycles. The van der Waals surface area contributed by atoms with E-state index < -0.39 is 0 Å². The summed E-state index contributed by atoms with van der Waals surface area (Å²) in [5, 5.41) is 4.95. The number of hydrogen-bond donors (Lipinski definition) is 0. The summed E-state index contributed by atoms with van der Waals surface area (Å²) >= 11 is 0. The zero-order valence-corrected chi connectivity index (χ0v) is 17.2. The molecule has 1 saturated carbocycles. The lowest BCUT2D eigenvalue weighted by atomic mass is 9.87. The molecule has 27 heavy (non-hydrogen) atoms. The van der Waals surface area contributed by atoms with Gasteiger partial charge in [-0.05, 0) is 59.7 Å². The van der Waals surface area contributed by atoms with Crippen molar-refractivity contribution < 1.29 is 0 Å². The summed E-state index contributed by atoms with van der Waals surface area (Å²) in [7, 11) is 2.20. The molecule has 0 unspecified atom stereocenters. The zero-order chi connectivity index (χ0) is 18.8. The van der Waals surface area contributed by atoms with E-state index in [4.69, 9.17) is 15.1 Å². The van der Waals surface area contributed by atoms with Crippen LogP contribution in [-0.4, -0.2) is 57.7 Å². The molecule has 2 aliphatic rings. The van der Waals surface area contributed by atoms with Crippen molar-refractivity contribution >= 4 is 11.6 Å². The van der Waals surface area contributed by atoms with E-state index >= 15 is 0 Å². The maximum Gasteiger partial charge on any atom is 0.254 e. The predicted molar refractivity (Wildman–Crippen MR) is 110 cm³/mol. The molecule has 2 aromatic heterocycles. The van der Waals surface area contributed by atoms with Gasteiger partial charge in [0, 0.05) is 31.0 Å². The van der Waals surface area contributed by atoms with Gasteiger partial charge in [0.1, 0.15) is 5.82 Å². The molecule has 0 N–H and O–H groups in total. The lowest BCUT2D eigenvalue weighted by Crippen LogP contribution is -2.29. The molecule has 0 amide bonds. The van der Waals surface area contributed by atoms with Crippen LogP contribution in [0.25, 0.3) is 5.78 Å². The zero-order valence-electron chi connectivity index (χ0n) is 17.2. The second kappa shape index (κ2) is 8.13. The monoisotopic (exact) mass is 370 g/mol. The van der Waals surface area contributed by atoms with Gasteiger partial charge in [-0.1, -0.05) is 19.3 Å². The molecule has 1 aliphatic heterocycles. The van der Waals surface area contributed by atoms with Gasteiger partial charge in [0.25, 0.3) is 5.78 Å². The van der Waals surface area contributed by atoms with Gasteiger partial charge in [0.15, 0.2) is 5.82 Å². The Morgan fingerprint density at radius 2 is 1.67 bits per heavy atom. The molecular formula is C21H34N6. The topological polar surface area (TPSA) is 49.6 Å². The van der Waals surface area contributed by atoms with Gasteiger partial charge in [0.05, 0.1) is 5.69 Å². The summed E-state index contributed by atoms with van der Waals surface area (Å²) in [4.78, 5) is 14.7. The van der Waals surface area contributed by atoms with Crippen molar-refractivity contribution in [2.75, 3.05) is 38.1 Å². The Morgan fingerprint density at radius 3 is 2.33 bits per heavy atom. The molecule has 1 aliphatic carbocycles. The molecule has 0 bridgehead atoms. The van der Waals surface area contributed by atoms with Crippen LogP contribution in [0.1, 0.15) is 82.1 Å². The van der Waals surface area contributed by atoms with Gasteiger partial charge in [-0.25, -0.2) is 4.98 Å². The fourth-order valence-corrected chi connectivity index (χ4v) is 4.71. The first-order valence-electron chi connectivity index (χ1n) is 10.9. The van der Waals surface area contributed by atoms with Crippen LogP contribution in [-0.2, 0) is 0 Å². The van der Waals surface area contributed by atoms with Crippen molar-refractivity contribution in [3.8, 4) is 0 Å². The van der Waals surface area contributed by atoms with E-state index in [9.17, 15) is 0 Å². The Kier molecular flexibility index (Phi) is 5.62. The third-order valence-corrected chi connectivity index (χ3v) is 6.52. The van der Waals surface area contributed by atoms with E-state index in [1.165, 1.54) is 37.8 Å². The highest BCUT2D eigenvalue weighted by Gasteiger charge is 2.25. The van der Waals surface area contributed by atoms with Gasteiger partial charge in [-0.15, -0.1) is 5.10 Å². The molecule has 0 aromatic carbocycles. The summed E-state index contributed by atoms with van der Waals surface area (Å²) in [6.07, 6.45) is 8.82. The first-order chi connectivity index (χ1) is 13.2. The molecule has 2 fully saturated rings. The minimum absolute atomic E-state index is 0.464. The van der Waals surface area contributed by atoms with Crippen molar-refractivity contribution in [1.82, 2.24) is 24.5 Å². The third-order valence-electron chi connectivity index (χ3n) is 6.52. The summed E-state index contributed by atoms with van der Waals surface area (Å²) in [5.74, 6) is 4.00. The maximum atomic E-state index is 4.99. The highest BCUT2D eigenvalue weighted by atomic mass is 15.4. The van der Waals surface area contributed by atoms with Gasteiger partial charge >= 0.3 is 0 Å². The molecule has 0 radical (unpaired) electrons. The van der Waals surface area contributed by atoms with Crippen LogP contribution in [0, 0.1) is 0 Å². The second-order valence-electron chi connectivity index (χ2n) is 8.31. The fraction of sp³-hybridized carbons (Fsp3) is 0.762. The Hall–Kier alpha value is -1.69. The Morgan fingerprint density at radius 1 is 0.963 bits per heavy atom. The number of aromatic nitrogens is 4. The normalized spacial score (nSPS) is 20.4. The van der Waals surface area contributed by atoms with E-state index in [1.807, 2.05) is 4.52 Å².